The Morgan fingerprint density at radius 3 is 2.27 bits per heavy atom. The normalized spacial score (nSPS) is 11.7. The molecule has 0 radical (unpaired) electrons. The van der Waals surface area contributed by atoms with Gasteiger partial charge in [0.25, 0.3) is 0 Å². The summed E-state index contributed by atoms with van der Waals surface area (Å²) in [6, 6.07) is 20.8. The molecule has 112 valence electrons. The van der Waals surface area contributed by atoms with Crippen LogP contribution in [0.25, 0.3) is 10.8 Å². The molecule has 4 heteroatoms. The number of rotatable bonds is 4. The van der Waals surface area contributed by atoms with Crippen molar-refractivity contribution in [1.82, 2.24) is 4.72 Å². The number of fused-ring (bicyclic) bond motifs is 1. The molecule has 22 heavy (non-hydrogen) atoms. The zero-order chi connectivity index (χ0) is 15.6. The Balaban J connectivity index is 1.79. The van der Waals surface area contributed by atoms with E-state index in [1.807, 2.05) is 49.4 Å². The molecule has 0 heterocycles. The molecule has 0 amide bonds. The summed E-state index contributed by atoms with van der Waals surface area (Å²) < 4.78 is 27.2. The average Bonchev–Trinajstić information content (AvgIpc) is 2.53. The topological polar surface area (TPSA) is 46.2 Å². The van der Waals surface area contributed by atoms with Gasteiger partial charge in [0.05, 0.1) is 4.90 Å². The van der Waals surface area contributed by atoms with Crippen molar-refractivity contribution >= 4 is 20.8 Å². The lowest BCUT2D eigenvalue weighted by atomic mass is 10.1. The smallest absolute Gasteiger partial charge is 0.207 e. The highest BCUT2D eigenvalue weighted by molar-refractivity contribution is 7.89. The zero-order valence-corrected chi connectivity index (χ0v) is 13.1. The summed E-state index contributed by atoms with van der Waals surface area (Å²) in [7, 11) is -3.48. The largest absolute Gasteiger partial charge is 0.240 e. The van der Waals surface area contributed by atoms with E-state index in [0.29, 0.717) is 4.90 Å². The summed E-state index contributed by atoms with van der Waals surface area (Å²) in [5.41, 5.74) is 1.97. The first-order valence-electron chi connectivity index (χ1n) is 7.09. The third-order valence-electron chi connectivity index (χ3n) is 3.61. The van der Waals surface area contributed by atoms with Crippen LogP contribution in [0.15, 0.2) is 71.6 Å². The maximum Gasteiger partial charge on any atom is 0.240 e. The molecule has 3 nitrogen and oxygen atoms in total. The molecule has 0 aliphatic carbocycles. The summed E-state index contributed by atoms with van der Waals surface area (Å²) in [5.74, 6) is 0. The van der Waals surface area contributed by atoms with Crippen molar-refractivity contribution in [2.24, 2.45) is 0 Å². The average molecular weight is 311 g/mol. The maximum atomic E-state index is 12.3. The van der Waals surface area contributed by atoms with Gasteiger partial charge in [-0.1, -0.05) is 54.1 Å². The monoisotopic (exact) mass is 311 g/mol. The van der Waals surface area contributed by atoms with Crippen LogP contribution < -0.4 is 4.72 Å². The van der Waals surface area contributed by atoms with E-state index in [1.165, 1.54) is 0 Å². The van der Waals surface area contributed by atoms with Gasteiger partial charge in [-0.2, -0.15) is 0 Å². The van der Waals surface area contributed by atoms with Gasteiger partial charge < -0.3 is 0 Å². The second kappa shape index (κ2) is 5.91. The number of hydrogen-bond acceptors (Lipinski definition) is 2. The van der Waals surface area contributed by atoms with Crippen LogP contribution in [0.3, 0.4) is 0 Å². The highest BCUT2D eigenvalue weighted by Gasteiger charge is 2.13. The van der Waals surface area contributed by atoms with Crippen molar-refractivity contribution in [2.75, 3.05) is 0 Å². The number of benzene rings is 3. The predicted molar refractivity (Wildman–Crippen MR) is 89.2 cm³/mol. The van der Waals surface area contributed by atoms with E-state index in [2.05, 4.69) is 4.72 Å². The van der Waals surface area contributed by atoms with Crippen LogP contribution in [0.2, 0.25) is 0 Å². The summed E-state index contributed by atoms with van der Waals surface area (Å²) >= 11 is 0. The summed E-state index contributed by atoms with van der Waals surface area (Å²) in [5, 5.41) is 2.25. The molecule has 0 aromatic heterocycles. The molecule has 3 aromatic rings. The molecule has 0 unspecified atom stereocenters. The Labute approximate surface area is 130 Å². The van der Waals surface area contributed by atoms with Crippen molar-refractivity contribution in [1.29, 1.82) is 0 Å². The third kappa shape index (κ3) is 3.18. The molecule has 0 aliphatic heterocycles. The fourth-order valence-corrected chi connectivity index (χ4v) is 3.35. The van der Waals surface area contributed by atoms with Crippen molar-refractivity contribution in [3.8, 4) is 0 Å². The van der Waals surface area contributed by atoms with Gasteiger partial charge in [0.1, 0.15) is 0 Å². The molecule has 0 fully saturated rings. The van der Waals surface area contributed by atoms with E-state index in [4.69, 9.17) is 0 Å². The first-order chi connectivity index (χ1) is 10.5. The molecule has 0 atom stereocenters. The van der Waals surface area contributed by atoms with E-state index >= 15 is 0 Å². The number of aryl methyl sites for hydroxylation is 1. The number of sulfonamides is 1. The lowest BCUT2D eigenvalue weighted by molar-refractivity contribution is 0.581. The van der Waals surface area contributed by atoms with E-state index in [1.54, 1.807) is 24.3 Å². The molecule has 0 aliphatic rings. The highest BCUT2D eigenvalue weighted by Crippen LogP contribution is 2.16. The molecular weight excluding hydrogens is 294 g/mol. The van der Waals surface area contributed by atoms with Crippen molar-refractivity contribution in [3.05, 3.63) is 77.9 Å². The Morgan fingerprint density at radius 1 is 0.864 bits per heavy atom. The molecule has 0 bridgehead atoms. The SMILES string of the molecule is Cc1ccc(S(=O)(=O)NCc2ccc3ccccc3c2)cc1. The molecule has 3 rings (SSSR count). The van der Waals surface area contributed by atoms with Crippen LogP contribution in [0.4, 0.5) is 0 Å². The zero-order valence-electron chi connectivity index (χ0n) is 12.3. The predicted octanol–water partition coefficient (Wildman–Crippen LogP) is 3.63. The van der Waals surface area contributed by atoms with Gasteiger partial charge in [-0.15, -0.1) is 0 Å². The highest BCUT2D eigenvalue weighted by atomic mass is 32.2. The van der Waals surface area contributed by atoms with Crippen LogP contribution in [0.1, 0.15) is 11.1 Å². The Kier molecular flexibility index (Phi) is 3.96. The summed E-state index contributed by atoms with van der Waals surface area (Å²) in [6.07, 6.45) is 0. The molecule has 0 saturated carbocycles. The molecule has 0 spiro atoms. The minimum Gasteiger partial charge on any atom is -0.207 e. The van der Waals surface area contributed by atoms with Crippen molar-refractivity contribution in [2.45, 2.75) is 18.4 Å². The Hall–Kier alpha value is -2.17. The summed E-state index contributed by atoms with van der Waals surface area (Å²) in [4.78, 5) is 0.291. The van der Waals surface area contributed by atoms with Gasteiger partial charge in [-0.3, -0.25) is 0 Å². The minimum absolute atomic E-state index is 0.279. The Morgan fingerprint density at radius 2 is 1.55 bits per heavy atom. The van der Waals surface area contributed by atoms with E-state index in [9.17, 15) is 8.42 Å². The lowest BCUT2D eigenvalue weighted by Gasteiger charge is -2.08. The van der Waals surface area contributed by atoms with E-state index < -0.39 is 10.0 Å². The first-order valence-corrected chi connectivity index (χ1v) is 8.57. The quantitative estimate of drug-likeness (QED) is 0.800. The van der Waals surface area contributed by atoms with Gasteiger partial charge >= 0.3 is 0 Å². The molecular formula is C18H17NO2S. The number of nitrogens with one attached hydrogen (secondary N) is 1. The van der Waals surface area contributed by atoms with Gasteiger partial charge in [-0.05, 0) is 41.5 Å². The van der Waals surface area contributed by atoms with Gasteiger partial charge in [0, 0.05) is 6.54 Å². The fourth-order valence-electron chi connectivity index (χ4n) is 2.33. The van der Waals surface area contributed by atoms with E-state index in [0.717, 1.165) is 21.9 Å². The van der Waals surface area contributed by atoms with Crippen molar-refractivity contribution < 1.29 is 8.42 Å². The Bertz CT molecular complexity index is 900. The summed E-state index contributed by atoms with van der Waals surface area (Å²) in [6.45, 7) is 2.21. The van der Waals surface area contributed by atoms with Crippen LogP contribution in [0, 0.1) is 6.92 Å². The molecule has 0 saturated heterocycles. The lowest BCUT2D eigenvalue weighted by Crippen LogP contribution is -2.23. The maximum absolute atomic E-state index is 12.3. The second-order valence-electron chi connectivity index (χ2n) is 5.32. The minimum atomic E-state index is -3.48. The fraction of sp³-hybridized carbons (Fsp3) is 0.111. The van der Waals surface area contributed by atoms with E-state index in [-0.39, 0.29) is 6.54 Å². The van der Waals surface area contributed by atoms with Crippen molar-refractivity contribution in [3.63, 3.8) is 0 Å². The van der Waals surface area contributed by atoms with Gasteiger partial charge in [0.15, 0.2) is 0 Å². The van der Waals surface area contributed by atoms with Crippen LogP contribution in [-0.2, 0) is 16.6 Å². The van der Waals surface area contributed by atoms with Crippen LogP contribution in [0.5, 0.6) is 0 Å². The molecule has 1 N–H and O–H groups in total. The second-order valence-corrected chi connectivity index (χ2v) is 7.09. The first kappa shape index (κ1) is 14.8. The number of hydrogen-bond donors (Lipinski definition) is 1. The molecule has 3 aromatic carbocycles. The van der Waals surface area contributed by atoms with Gasteiger partial charge in [0.2, 0.25) is 10.0 Å². The standard InChI is InChI=1S/C18H17NO2S/c1-14-6-10-18(11-7-14)22(20,21)19-13-15-8-9-16-4-2-3-5-17(16)12-15/h2-12,19H,13H2,1H3. The third-order valence-corrected chi connectivity index (χ3v) is 5.03. The van der Waals surface area contributed by atoms with Crippen LogP contribution in [-0.4, -0.2) is 8.42 Å². The van der Waals surface area contributed by atoms with Gasteiger partial charge in [-0.25, -0.2) is 13.1 Å². The van der Waals surface area contributed by atoms with Crippen LogP contribution >= 0.6 is 0 Å².